The van der Waals surface area contributed by atoms with E-state index in [4.69, 9.17) is 14.5 Å². The predicted octanol–water partition coefficient (Wildman–Crippen LogP) is 0.0646. The first kappa shape index (κ1) is 21.9. The molecule has 0 saturated carbocycles. The van der Waals surface area contributed by atoms with Gasteiger partial charge in [-0.05, 0) is 6.07 Å². The topological polar surface area (TPSA) is 211 Å². The van der Waals surface area contributed by atoms with Crippen LogP contribution >= 0.6 is 23.5 Å². The van der Waals surface area contributed by atoms with Crippen molar-refractivity contribution in [2.45, 2.75) is 24.4 Å². The number of aliphatic hydroxyl groups is 2. The molecular weight excluding hydrogens is 454 g/mol. The van der Waals surface area contributed by atoms with E-state index in [1.165, 1.54) is 0 Å². The van der Waals surface area contributed by atoms with Crippen LogP contribution in [0.5, 0.6) is 0 Å². The Hall–Kier alpha value is -0.790. The van der Waals surface area contributed by atoms with Crippen LogP contribution in [0.15, 0.2) is 16.9 Å². The van der Waals surface area contributed by atoms with Crippen LogP contribution in [0.3, 0.4) is 0 Å². The van der Waals surface area contributed by atoms with Crippen molar-refractivity contribution in [3.63, 3.8) is 0 Å². The zero-order chi connectivity index (χ0) is 20.9. The van der Waals surface area contributed by atoms with Gasteiger partial charge in [0, 0.05) is 11.6 Å². The van der Waals surface area contributed by atoms with Crippen LogP contribution in [0.1, 0.15) is 11.7 Å². The summed E-state index contributed by atoms with van der Waals surface area (Å²) >= 11 is 0. The number of pyridine rings is 1. The van der Waals surface area contributed by atoms with Crippen LogP contribution in [-0.2, 0) is 35.9 Å². The lowest BCUT2D eigenvalue weighted by Crippen LogP contribution is -2.33. The van der Waals surface area contributed by atoms with Crippen LogP contribution in [0.25, 0.3) is 0 Å². The van der Waals surface area contributed by atoms with E-state index in [0.29, 0.717) is 0 Å². The molecule has 3 rings (SSSR count). The molecule has 158 valence electrons. The Morgan fingerprint density at radius 1 is 1.07 bits per heavy atom. The lowest BCUT2D eigenvalue weighted by Gasteiger charge is -2.27. The van der Waals surface area contributed by atoms with Gasteiger partial charge in [-0.2, -0.15) is 17.3 Å². The maximum absolute atomic E-state index is 13.9. The zero-order valence-electron chi connectivity index (χ0n) is 13.4. The van der Waals surface area contributed by atoms with E-state index >= 15 is 0 Å². The molecule has 2 aliphatic rings. The highest BCUT2D eigenvalue weighted by Gasteiger charge is 2.55. The zero-order valence-corrected chi connectivity index (χ0v) is 16.0. The lowest BCUT2D eigenvalue weighted by atomic mass is 10.0. The number of halogens is 1. The van der Waals surface area contributed by atoms with Crippen molar-refractivity contribution in [2.75, 3.05) is 6.61 Å². The summed E-state index contributed by atoms with van der Waals surface area (Å²) in [5.41, 5.74) is -1.07. The van der Waals surface area contributed by atoms with Gasteiger partial charge in [-0.1, -0.05) is 0 Å². The smallest absolute Gasteiger partial charge is 0.387 e. The fraction of sp³-hybridized carbons (Fsp3) is 0.500. The molecule has 6 atom stereocenters. The fourth-order valence-electron chi connectivity index (χ4n) is 2.46. The van der Waals surface area contributed by atoms with Gasteiger partial charge in [0.1, 0.15) is 24.4 Å². The average Bonchev–Trinajstić information content (AvgIpc) is 2.78. The van der Waals surface area contributed by atoms with Gasteiger partial charge in [0.25, 0.3) is 0 Å². The summed E-state index contributed by atoms with van der Waals surface area (Å²) in [7, 11) is -15.6. The van der Waals surface area contributed by atoms with E-state index in [9.17, 15) is 33.1 Å². The van der Waals surface area contributed by atoms with E-state index in [1.54, 1.807) is 0 Å². The maximum atomic E-state index is 13.9. The number of aromatic amines is 1. The van der Waals surface area contributed by atoms with Crippen LogP contribution in [0, 0.1) is 5.95 Å². The molecule has 18 heteroatoms. The molecule has 0 amide bonds. The highest BCUT2D eigenvalue weighted by atomic mass is 31.3. The molecule has 14 nitrogen and oxygen atoms in total. The molecule has 0 aromatic carbocycles. The summed E-state index contributed by atoms with van der Waals surface area (Å²) in [6.45, 7) is -0.934. The first-order valence-electron chi connectivity index (χ1n) is 7.25. The minimum atomic E-state index is -5.25. The quantitative estimate of drug-likeness (QED) is 0.293. The van der Waals surface area contributed by atoms with Crippen molar-refractivity contribution in [1.82, 2.24) is 4.98 Å². The Bertz CT molecular complexity index is 938. The first-order chi connectivity index (χ1) is 12.8. The van der Waals surface area contributed by atoms with Crippen LogP contribution in [-0.4, -0.2) is 49.9 Å². The number of phosphoric acid groups is 3. The summed E-state index contributed by atoms with van der Waals surface area (Å²) in [6, 6.07) is 1.96. The summed E-state index contributed by atoms with van der Waals surface area (Å²) < 4.78 is 70.3. The van der Waals surface area contributed by atoms with Crippen LogP contribution < -0.4 is 5.56 Å². The van der Waals surface area contributed by atoms with Crippen molar-refractivity contribution in [2.24, 2.45) is 0 Å². The summed E-state index contributed by atoms with van der Waals surface area (Å²) in [5, 5.41) is 20.0. The summed E-state index contributed by atoms with van der Waals surface area (Å²) in [6.07, 6.45) is -6.40. The number of rotatable bonds is 4. The third kappa shape index (κ3) is 4.68. The Balaban J connectivity index is 1.73. The molecule has 2 aliphatic heterocycles. The molecule has 2 fully saturated rings. The molecule has 0 aliphatic carbocycles. The van der Waals surface area contributed by atoms with Gasteiger partial charge in [0.15, 0.2) is 5.95 Å². The van der Waals surface area contributed by atoms with Gasteiger partial charge in [0.2, 0.25) is 5.56 Å². The summed E-state index contributed by atoms with van der Waals surface area (Å²) in [5.74, 6) is -1.13. The lowest BCUT2D eigenvalue weighted by molar-refractivity contribution is -0.0241. The van der Waals surface area contributed by atoms with Crippen molar-refractivity contribution < 1.29 is 60.3 Å². The SMILES string of the molecule is O=c1ccc([C@@H]2O[C@H](COP3(=O)OP(=O)(O)OP(=O)(O)O3)[C@H](O)C2O)c(F)[nH]1. The monoisotopic (exact) mass is 467 g/mol. The normalized spacial score (nSPS) is 43.9. The minimum Gasteiger partial charge on any atom is -0.387 e. The number of aromatic nitrogens is 1. The van der Waals surface area contributed by atoms with Crippen molar-refractivity contribution >= 4 is 23.5 Å². The standard InChI is InChI=1S/C10H13FNO13P3/c11-10-4(1-2-6(13)12-10)9-8(15)7(14)5(22-9)3-21-28(20)24-26(16,17)23-27(18,19)25-28/h1-2,5,7-9,14-15H,3H2,(H,12,13)(H,16,17)(H,18,19)/t5-,7+,8?,9+/m1/s1. The summed E-state index contributed by atoms with van der Waals surface area (Å²) in [4.78, 5) is 31.2. The molecule has 2 saturated heterocycles. The number of nitrogens with one attached hydrogen (secondary N) is 1. The van der Waals surface area contributed by atoms with E-state index < -0.39 is 66.0 Å². The van der Waals surface area contributed by atoms with E-state index in [0.717, 1.165) is 12.1 Å². The molecule has 3 unspecified atom stereocenters. The van der Waals surface area contributed by atoms with Gasteiger partial charge in [-0.15, -0.1) is 0 Å². The molecule has 0 spiro atoms. The first-order valence-corrected chi connectivity index (χ1v) is 11.7. The Morgan fingerprint density at radius 2 is 1.68 bits per heavy atom. The second-order valence-electron chi connectivity index (χ2n) is 5.59. The molecule has 3 heterocycles. The van der Waals surface area contributed by atoms with Gasteiger partial charge in [-0.3, -0.25) is 14.3 Å². The van der Waals surface area contributed by atoms with Gasteiger partial charge >= 0.3 is 23.5 Å². The molecule has 5 N–H and O–H groups in total. The molecular formula is C10H13FNO13P3. The minimum absolute atomic E-state index is 0.307. The Kier molecular flexibility index (Phi) is 5.85. The molecule has 1 aromatic heterocycles. The highest BCUT2D eigenvalue weighted by molar-refractivity contribution is 7.74. The van der Waals surface area contributed by atoms with E-state index in [-0.39, 0.29) is 5.56 Å². The highest BCUT2D eigenvalue weighted by Crippen LogP contribution is 2.80. The molecule has 0 radical (unpaired) electrons. The van der Waals surface area contributed by atoms with Crippen LogP contribution in [0.4, 0.5) is 4.39 Å². The van der Waals surface area contributed by atoms with Crippen molar-refractivity contribution in [1.29, 1.82) is 0 Å². The van der Waals surface area contributed by atoms with Gasteiger partial charge < -0.3 is 24.7 Å². The van der Waals surface area contributed by atoms with Crippen molar-refractivity contribution in [3.05, 3.63) is 34.0 Å². The fourth-order valence-corrected chi connectivity index (χ4v) is 7.40. The number of hydrogen-bond donors (Lipinski definition) is 5. The maximum Gasteiger partial charge on any atom is 0.492 e. The van der Waals surface area contributed by atoms with Gasteiger partial charge in [0.05, 0.1) is 6.61 Å². The number of H-pyrrole nitrogens is 1. The van der Waals surface area contributed by atoms with Crippen molar-refractivity contribution in [3.8, 4) is 0 Å². The Labute approximate surface area is 154 Å². The van der Waals surface area contributed by atoms with Gasteiger partial charge in [-0.25, -0.2) is 13.7 Å². The Morgan fingerprint density at radius 3 is 2.25 bits per heavy atom. The average molecular weight is 467 g/mol. The third-order valence-corrected chi connectivity index (χ3v) is 8.95. The number of aliphatic hydroxyl groups excluding tert-OH is 2. The molecule has 28 heavy (non-hydrogen) atoms. The molecule has 1 aromatic rings. The van der Waals surface area contributed by atoms with Crippen LogP contribution in [0.2, 0.25) is 0 Å². The molecule has 0 bridgehead atoms. The second-order valence-corrected chi connectivity index (χ2v) is 10.6. The third-order valence-electron chi connectivity index (χ3n) is 3.58. The predicted molar refractivity (Wildman–Crippen MR) is 83.1 cm³/mol. The largest absolute Gasteiger partial charge is 0.492 e. The van der Waals surface area contributed by atoms with E-state index in [1.807, 2.05) is 4.98 Å². The van der Waals surface area contributed by atoms with E-state index in [2.05, 4.69) is 17.5 Å². The number of ether oxygens (including phenoxy) is 1. The number of hydrogen-bond acceptors (Lipinski definition) is 11. The second kappa shape index (κ2) is 7.47.